The lowest BCUT2D eigenvalue weighted by Gasteiger charge is -2.59. The highest BCUT2D eigenvalue weighted by atomic mass is 32.2. The molecule has 1 heterocycles. The van der Waals surface area contributed by atoms with Gasteiger partial charge >= 0.3 is 0 Å². The number of rotatable bonds is 4. The van der Waals surface area contributed by atoms with Gasteiger partial charge in [-0.1, -0.05) is 0 Å². The minimum Gasteiger partial charge on any atom is -0.352 e. The van der Waals surface area contributed by atoms with Crippen LogP contribution in [0, 0.1) is 23.2 Å². The van der Waals surface area contributed by atoms with E-state index in [0.29, 0.717) is 25.9 Å². The predicted molar refractivity (Wildman–Crippen MR) is 97.9 cm³/mol. The van der Waals surface area contributed by atoms with Gasteiger partial charge < -0.3 is 10.6 Å². The van der Waals surface area contributed by atoms with Crippen molar-refractivity contribution in [1.82, 2.24) is 10.6 Å². The van der Waals surface area contributed by atoms with Crippen LogP contribution in [0.3, 0.4) is 0 Å². The molecule has 5 aliphatic rings. The van der Waals surface area contributed by atoms with Gasteiger partial charge in [-0.15, -0.1) is 0 Å². The molecule has 6 heteroatoms. The smallest absolute Gasteiger partial charge is 0.241 e. The third kappa shape index (κ3) is 2.84. The molecule has 1 aliphatic heterocycles. The van der Waals surface area contributed by atoms with Gasteiger partial charge in [0, 0.05) is 12.3 Å². The first-order valence-electron chi connectivity index (χ1n) is 9.95. The molecule has 0 radical (unpaired) electrons. The van der Waals surface area contributed by atoms with Crippen LogP contribution >= 0.6 is 0 Å². The molecule has 25 heavy (non-hydrogen) atoms. The highest BCUT2D eigenvalue weighted by Crippen LogP contribution is 2.61. The number of carbonyl (C=O) groups is 1. The average Bonchev–Trinajstić information content (AvgIpc) is 2.53. The van der Waals surface area contributed by atoms with Crippen LogP contribution in [-0.4, -0.2) is 44.5 Å². The van der Waals surface area contributed by atoms with Gasteiger partial charge in [-0.2, -0.15) is 0 Å². The molecule has 1 atom stereocenters. The number of hydrogen-bond acceptors (Lipinski definition) is 4. The lowest BCUT2D eigenvalue weighted by atomic mass is 9.48. The SMILES string of the molecule is CC(NC(=O)C1(S(C)(=O)=O)CCNCC1)C12CC3CC(CC(C3)C1)C2. The monoisotopic (exact) mass is 368 g/mol. The molecule has 0 aromatic rings. The largest absolute Gasteiger partial charge is 0.352 e. The molecule has 1 saturated heterocycles. The van der Waals surface area contributed by atoms with Gasteiger partial charge in [-0.25, -0.2) is 8.42 Å². The van der Waals surface area contributed by atoms with Crippen LogP contribution in [0.5, 0.6) is 0 Å². The third-order valence-corrected chi connectivity index (χ3v) is 9.90. The van der Waals surface area contributed by atoms with Crippen LogP contribution in [0.2, 0.25) is 0 Å². The van der Waals surface area contributed by atoms with E-state index in [2.05, 4.69) is 17.6 Å². The maximum Gasteiger partial charge on any atom is 0.241 e. The quantitative estimate of drug-likeness (QED) is 0.794. The number of piperidine rings is 1. The Morgan fingerprint density at radius 3 is 1.96 bits per heavy atom. The maximum atomic E-state index is 13.2. The zero-order chi connectivity index (χ0) is 17.9. The molecule has 0 aromatic carbocycles. The number of amides is 1. The van der Waals surface area contributed by atoms with E-state index in [0.717, 1.165) is 17.8 Å². The summed E-state index contributed by atoms with van der Waals surface area (Å²) in [6, 6.07) is 0.0712. The van der Waals surface area contributed by atoms with Crippen LogP contribution in [0.15, 0.2) is 0 Å². The summed E-state index contributed by atoms with van der Waals surface area (Å²) in [6.07, 6.45) is 9.76. The summed E-state index contributed by atoms with van der Waals surface area (Å²) in [5, 5.41) is 6.39. The zero-order valence-corrected chi connectivity index (χ0v) is 16.3. The second-order valence-corrected chi connectivity index (χ2v) is 11.8. The number of sulfone groups is 1. The van der Waals surface area contributed by atoms with Crippen molar-refractivity contribution in [3.8, 4) is 0 Å². The first-order valence-corrected chi connectivity index (χ1v) is 11.8. The van der Waals surface area contributed by atoms with E-state index in [1.165, 1.54) is 44.8 Å². The molecule has 2 N–H and O–H groups in total. The maximum absolute atomic E-state index is 13.2. The van der Waals surface area contributed by atoms with E-state index in [4.69, 9.17) is 0 Å². The zero-order valence-electron chi connectivity index (χ0n) is 15.5. The normalized spacial score (nSPS) is 40.6. The molecule has 5 rings (SSSR count). The molecular weight excluding hydrogens is 336 g/mol. The topological polar surface area (TPSA) is 75.3 Å². The van der Waals surface area contributed by atoms with E-state index in [-0.39, 0.29) is 17.4 Å². The van der Waals surface area contributed by atoms with Crippen LogP contribution < -0.4 is 10.6 Å². The lowest BCUT2D eigenvalue weighted by Crippen LogP contribution is -2.62. The van der Waals surface area contributed by atoms with Crippen LogP contribution in [0.25, 0.3) is 0 Å². The van der Waals surface area contributed by atoms with Crippen LogP contribution in [-0.2, 0) is 14.6 Å². The third-order valence-electron chi connectivity index (χ3n) is 7.89. The van der Waals surface area contributed by atoms with Crippen molar-refractivity contribution in [1.29, 1.82) is 0 Å². The summed E-state index contributed by atoms with van der Waals surface area (Å²) < 4.78 is 23.7. The Balaban J connectivity index is 1.54. The summed E-state index contributed by atoms with van der Waals surface area (Å²) in [5.41, 5.74) is 0.204. The molecule has 0 spiro atoms. The van der Waals surface area contributed by atoms with E-state index >= 15 is 0 Å². The van der Waals surface area contributed by atoms with Crippen molar-refractivity contribution in [2.45, 2.75) is 69.1 Å². The second-order valence-electron chi connectivity index (χ2n) is 9.49. The molecule has 5 fully saturated rings. The van der Waals surface area contributed by atoms with Gasteiger partial charge in [0.2, 0.25) is 5.91 Å². The fourth-order valence-corrected chi connectivity index (χ4v) is 8.13. The molecule has 4 saturated carbocycles. The minimum atomic E-state index is -3.44. The van der Waals surface area contributed by atoms with Crippen LogP contribution in [0.1, 0.15) is 58.3 Å². The van der Waals surface area contributed by atoms with Gasteiger partial charge in [0.05, 0.1) is 0 Å². The first kappa shape index (κ1) is 17.8. The Morgan fingerprint density at radius 1 is 1.04 bits per heavy atom. The Morgan fingerprint density at radius 2 is 1.52 bits per heavy atom. The molecule has 1 unspecified atom stereocenters. The standard InChI is InChI=1S/C19H32N2O3S/c1-13(18-10-14-7-15(11-18)9-16(8-14)12-18)21-17(22)19(25(2,23)24)3-5-20-6-4-19/h13-16,20H,3-12H2,1-2H3,(H,21,22). The van der Waals surface area contributed by atoms with Crippen molar-refractivity contribution in [2.75, 3.05) is 19.3 Å². The van der Waals surface area contributed by atoms with Gasteiger partial charge in [-0.3, -0.25) is 4.79 Å². The lowest BCUT2D eigenvalue weighted by molar-refractivity contribution is -0.129. The predicted octanol–water partition coefficient (Wildman–Crippen LogP) is 1.87. The fourth-order valence-electron chi connectivity index (χ4n) is 6.79. The van der Waals surface area contributed by atoms with E-state index in [1.54, 1.807) is 0 Å². The van der Waals surface area contributed by atoms with Crippen molar-refractivity contribution in [3.63, 3.8) is 0 Å². The van der Waals surface area contributed by atoms with E-state index in [9.17, 15) is 13.2 Å². The summed E-state index contributed by atoms with van der Waals surface area (Å²) in [7, 11) is -3.44. The van der Waals surface area contributed by atoms with E-state index < -0.39 is 14.6 Å². The summed E-state index contributed by atoms with van der Waals surface area (Å²) >= 11 is 0. The van der Waals surface area contributed by atoms with Crippen molar-refractivity contribution >= 4 is 15.7 Å². The van der Waals surface area contributed by atoms with Gasteiger partial charge in [0.25, 0.3) is 0 Å². The molecule has 4 bridgehead atoms. The van der Waals surface area contributed by atoms with Gasteiger partial charge in [-0.05, 0) is 94.5 Å². The Labute approximate surface area is 151 Å². The highest BCUT2D eigenvalue weighted by molar-refractivity contribution is 7.92. The second kappa shape index (κ2) is 5.95. The Hall–Kier alpha value is -0.620. The average molecular weight is 369 g/mol. The minimum absolute atomic E-state index is 0.0712. The summed E-state index contributed by atoms with van der Waals surface area (Å²) in [6.45, 7) is 3.31. The molecule has 1 amide bonds. The van der Waals surface area contributed by atoms with Crippen LogP contribution in [0.4, 0.5) is 0 Å². The van der Waals surface area contributed by atoms with E-state index in [1.807, 2.05) is 0 Å². The highest BCUT2D eigenvalue weighted by Gasteiger charge is 2.55. The van der Waals surface area contributed by atoms with Crippen molar-refractivity contribution in [3.05, 3.63) is 0 Å². The summed E-state index contributed by atoms with van der Waals surface area (Å²) in [4.78, 5) is 13.2. The summed E-state index contributed by atoms with van der Waals surface area (Å²) in [5.74, 6) is 2.23. The number of carbonyl (C=O) groups excluding carboxylic acids is 1. The number of hydrogen-bond donors (Lipinski definition) is 2. The van der Waals surface area contributed by atoms with Crippen molar-refractivity contribution in [2.24, 2.45) is 23.2 Å². The molecule has 4 aliphatic carbocycles. The molecule has 0 aromatic heterocycles. The Bertz CT molecular complexity index is 616. The van der Waals surface area contributed by atoms with Gasteiger partial charge in [0.15, 0.2) is 14.6 Å². The van der Waals surface area contributed by atoms with Crippen molar-refractivity contribution < 1.29 is 13.2 Å². The first-order chi connectivity index (χ1) is 11.7. The number of nitrogens with one attached hydrogen (secondary N) is 2. The molecule has 5 nitrogen and oxygen atoms in total. The Kier molecular flexibility index (Phi) is 4.23. The fraction of sp³-hybridized carbons (Fsp3) is 0.947. The molecule has 142 valence electrons. The van der Waals surface area contributed by atoms with Gasteiger partial charge in [0.1, 0.15) is 0 Å². The molecular formula is C19H32N2O3S.